The summed E-state index contributed by atoms with van der Waals surface area (Å²) >= 11 is 1.61. The van der Waals surface area contributed by atoms with Crippen LogP contribution in [-0.2, 0) is 11.2 Å². The molecule has 0 saturated carbocycles. The van der Waals surface area contributed by atoms with E-state index < -0.39 is 5.97 Å². The second kappa shape index (κ2) is 10.1. The summed E-state index contributed by atoms with van der Waals surface area (Å²) in [5.74, 6) is -0.747. The van der Waals surface area contributed by atoms with E-state index in [1.807, 2.05) is 12.3 Å². The summed E-state index contributed by atoms with van der Waals surface area (Å²) in [6, 6.07) is -0.160. The maximum atomic E-state index is 11.5. The van der Waals surface area contributed by atoms with E-state index in [-0.39, 0.29) is 12.5 Å². The average Bonchev–Trinajstić information content (AvgIpc) is 2.83. The van der Waals surface area contributed by atoms with Crippen LogP contribution in [0, 0.1) is 6.92 Å². The number of amides is 2. The first-order valence-corrected chi connectivity index (χ1v) is 8.10. The van der Waals surface area contributed by atoms with Crippen molar-refractivity contribution in [3.63, 3.8) is 0 Å². The number of carbonyl (C=O) groups excluding carboxylic acids is 1. The van der Waals surface area contributed by atoms with Crippen molar-refractivity contribution < 1.29 is 14.7 Å². The van der Waals surface area contributed by atoms with Crippen LogP contribution < -0.4 is 10.6 Å². The Kier molecular flexibility index (Phi) is 8.42. The standard InChI is InChI=1S/C14H23N3O3S/c1-11-17-12(10-21-11)7-9-16-14(20)15-8-5-3-2-4-6-13(18)19/h10H,2-9H2,1H3,(H,18,19)(H2,15,16,20). The fourth-order valence-electron chi connectivity index (χ4n) is 1.85. The number of hydrogen-bond donors (Lipinski definition) is 3. The average molecular weight is 313 g/mol. The molecule has 1 rings (SSSR count). The predicted octanol–water partition coefficient (Wildman–Crippen LogP) is 2.33. The highest BCUT2D eigenvalue weighted by molar-refractivity contribution is 7.09. The van der Waals surface area contributed by atoms with E-state index in [4.69, 9.17) is 5.11 Å². The van der Waals surface area contributed by atoms with Crippen LogP contribution in [0.25, 0.3) is 0 Å². The second-order valence-corrected chi connectivity index (χ2v) is 5.91. The zero-order chi connectivity index (χ0) is 15.5. The highest BCUT2D eigenvalue weighted by atomic mass is 32.1. The van der Waals surface area contributed by atoms with Gasteiger partial charge in [0, 0.05) is 31.3 Å². The Hall–Kier alpha value is -1.63. The maximum absolute atomic E-state index is 11.5. The lowest BCUT2D eigenvalue weighted by molar-refractivity contribution is -0.137. The number of urea groups is 1. The number of aryl methyl sites for hydroxylation is 1. The topological polar surface area (TPSA) is 91.3 Å². The molecule has 0 aliphatic rings. The number of carboxylic acid groups (broad SMARTS) is 1. The predicted molar refractivity (Wildman–Crippen MR) is 82.7 cm³/mol. The number of nitrogens with one attached hydrogen (secondary N) is 2. The molecule has 3 N–H and O–H groups in total. The van der Waals surface area contributed by atoms with Crippen LogP contribution in [0.15, 0.2) is 5.38 Å². The van der Waals surface area contributed by atoms with Gasteiger partial charge in [0.1, 0.15) is 0 Å². The lowest BCUT2D eigenvalue weighted by Crippen LogP contribution is -2.37. The van der Waals surface area contributed by atoms with E-state index in [1.54, 1.807) is 11.3 Å². The molecule has 6 nitrogen and oxygen atoms in total. The summed E-state index contributed by atoms with van der Waals surface area (Å²) < 4.78 is 0. The molecule has 1 aromatic heterocycles. The van der Waals surface area contributed by atoms with Crippen molar-refractivity contribution in [2.75, 3.05) is 13.1 Å². The molecule has 0 radical (unpaired) electrons. The Morgan fingerprint density at radius 3 is 2.57 bits per heavy atom. The normalized spacial score (nSPS) is 10.3. The van der Waals surface area contributed by atoms with Crippen molar-refractivity contribution in [2.24, 2.45) is 0 Å². The number of hydrogen-bond acceptors (Lipinski definition) is 4. The van der Waals surface area contributed by atoms with Crippen molar-refractivity contribution in [1.82, 2.24) is 15.6 Å². The quantitative estimate of drug-likeness (QED) is 0.578. The molecule has 0 aliphatic carbocycles. The zero-order valence-electron chi connectivity index (χ0n) is 12.4. The first-order valence-electron chi connectivity index (χ1n) is 7.22. The van der Waals surface area contributed by atoms with E-state index in [9.17, 15) is 9.59 Å². The lowest BCUT2D eigenvalue weighted by atomic mass is 10.1. The molecule has 21 heavy (non-hydrogen) atoms. The number of thiazole rings is 1. The van der Waals surface area contributed by atoms with Gasteiger partial charge >= 0.3 is 12.0 Å². The smallest absolute Gasteiger partial charge is 0.314 e. The number of carbonyl (C=O) groups is 2. The number of nitrogens with zero attached hydrogens (tertiary/aromatic N) is 1. The van der Waals surface area contributed by atoms with Gasteiger partial charge in [0.2, 0.25) is 0 Å². The van der Waals surface area contributed by atoms with Crippen LogP contribution in [0.3, 0.4) is 0 Å². The lowest BCUT2D eigenvalue weighted by Gasteiger charge is -2.06. The minimum atomic E-state index is -0.747. The molecule has 0 atom stereocenters. The van der Waals surface area contributed by atoms with Gasteiger partial charge in [-0.05, 0) is 19.8 Å². The van der Waals surface area contributed by atoms with Crippen molar-refractivity contribution in [3.05, 3.63) is 16.1 Å². The molecule has 0 saturated heterocycles. The van der Waals surface area contributed by atoms with Crippen LogP contribution in [0.2, 0.25) is 0 Å². The minimum absolute atomic E-state index is 0.160. The third-order valence-corrected chi connectivity index (χ3v) is 3.76. The number of unbranched alkanes of at least 4 members (excludes halogenated alkanes) is 3. The third kappa shape index (κ3) is 9.01. The third-order valence-electron chi connectivity index (χ3n) is 2.94. The summed E-state index contributed by atoms with van der Waals surface area (Å²) in [5, 5.41) is 17.1. The van der Waals surface area contributed by atoms with Crippen molar-refractivity contribution in [3.8, 4) is 0 Å². The molecule has 0 unspecified atom stereocenters. The molecular formula is C14H23N3O3S. The number of carboxylic acids is 1. The largest absolute Gasteiger partial charge is 0.481 e. The molecular weight excluding hydrogens is 290 g/mol. The molecule has 0 fully saturated rings. The van der Waals surface area contributed by atoms with Crippen molar-refractivity contribution in [1.29, 1.82) is 0 Å². The summed E-state index contributed by atoms with van der Waals surface area (Å²) in [6.07, 6.45) is 4.37. The van der Waals surface area contributed by atoms with E-state index in [0.717, 1.165) is 36.4 Å². The summed E-state index contributed by atoms with van der Waals surface area (Å²) in [6.45, 7) is 3.16. The molecule has 0 bridgehead atoms. The van der Waals surface area contributed by atoms with Crippen molar-refractivity contribution >= 4 is 23.3 Å². The van der Waals surface area contributed by atoms with Gasteiger partial charge in [0.15, 0.2) is 0 Å². The van der Waals surface area contributed by atoms with E-state index in [0.29, 0.717) is 19.5 Å². The van der Waals surface area contributed by atoms with Gasteiger partial charge in [-0.25, -0.2) is 9.78 Å². The summed E-state index contributed by atoms with van der Waals surface area (Å²) in [5.41, 5.74) is 1.01. The SMILES string of the molecule is Cc1nc(CCNC(=O)NCCCCCCC(=O)O)cs1. The molecule has 0 aromatic carbocycles. The fraction of sp³-hybridized carbons (Fsp3) is 0.643. The van der Waals surface area contributed by atoms with Crippen molar-refractivity contribution in [2.45, 2.75) is 45.4 Å². The first-order chi connectivity index (χ1) is 10.1. The van der Waals surface area contributed by atoms with E-state index >= 15 is 0 Å². The first kappa shape index (κ1) is 17.4. The Morgan fingerprint density at radius 1 is 1.19 bits per heavy atom. The van der Waals surface area contributed by atoms with Gasteiger partial charge in [-0.2, -0.15) is 0 Å². The highest BCUT2D eigenvalue weighted by Crippen LogP contribution is 2.07. The fourth-order valence-corrected chi connectivity index (χ4v) is 2.49. The number of aliphatic carboxylic acids is 1. The van der Waals surface area contributed by atoms with Gasteiger partial charge in [-0.1, -0.05) is 12.8 Å². The number of rotatable bonds is 10. The van der Waals surface area contributed by atoms with Crippen LogP contribution in [-0.4, -0.2) is 35.2 Å². The molecule has 118 valence electrons. The monoisotopic (exact) mass is 313 g/mol. The minimum Gasteiger partial charge on any atom is -0.481 e. The van der Waals surface area contributed by atoms with Crippen LogP contribution in [0.4, 0.5) is 4.79 Å². The highest BCUT2D eigenvalue weighted by Gasteiger charge is 2.02. The second-order valence-electron chi connectivity index (χ2n) is 4.85. The van der Waals surface area contributed by atoms with Gasteiger partial charge in [0.05, 0.1) is 10.7 Å². The van der Waals surface area contributed by atoms with Crippen LogP contribution in [0.5, 0.6) is 0 Å². The Bertz CT molecular complexity index is 448. The van der Waals surface area contributed by atoms with Gasteiger partial charge < -0.3 is 15.7 Å². The molecule has 1 aromatic rings. The Morgan fingerprint density at radius 2 is 1.90 bits per heavy atom. The number of aromatic nitrogens is 1. The summed E-state index contributed by atoms with van der Waals surface area (Å²) in [4.78, 5) is 26.1. The zero-order valence-corrected chi connectivity index (χ0v) is 13.2. The van der Waals surface area contributed by atoms with Gasteiger partial charge in [-0.15, -0.1) is 11.3 Å². The Balaban J connectivity index is 1.93. The van der Waals surface area contributed by atoms with Gasteiger partial charge in [0.25, 0.3) is 0 Å². The Labute approximate surface area is 129 Å². The van der Waals surface area contributed by atoms with E-state index in [2.05, 4.69) is 15.6 Å². The molecule has 0 spiro atoms. The van der Waals surface area contributed by atoms with E-state index in [1.165, 1.54) is 0 Å². The van der Waals surface area contributed by atoms with Crippen LogP contribution in [0.1, 0.15) is 42.8 Å². The van der Waals surface area contributed by atoms with Gasteiger partial charge in [-0.3, -0.25) is 4.79 Å². The maximum Gasteiger partial charge on any atom is 0.314 e. The molecule has 0 aliphatic heterocycles. The molecule has 1 heterocycles. The molecule has 7 heteroatoms. The summed E-state index contributed by atoms with van der Waals surface area (Å²) in [7, 11) is 0. The van der Waals surface area contributed by atoms with Crippen LogP contribution >= 0.6 is 11.3 Å². The molecule has 2 amide bonds.